The minimum absolute atomic E-state index is 0.0706. The van der Waals surface area contributed by atoms with Gasteiger partial charge in [0.15, 0.2) is 0 Å². The fraction of sp³-hybridized carbons (Fsp3) is 0.917. The molecule has 0 heterocycles. The smallest absolute Gasteiger partial charge is 0.220 e. The summed E-state index contributed by atoms with van der Waals surface area (Å²) in [6.45, 7) is 4.58. The maximum absolute atomic E-state index is 11.3. The molecule has 90 valence electrons. The van der Waals surface area contributed by atoms with Crippen LogP contribution in [0.15, 0.2) is 0 Å². The van der Waals surface area contributed by atoms with Gasteiger partial charge in [0.25, 0.3) is 0 Å². The molecule has 3 heteroatoms. The minimum Gasteiger partial charge on any atom is -0.391 e. The Labute approximate surface area is 93.3 Å². The predicted octanol–water partition coefficient (Wildman–Crippen LogP) is 2.23. The van der Waals surface area contributed by atoms with Crippen LogP contribution in [0, 0.1) is 0 Å². The highest BCUT2D eigenvalue weighted by atomic mass is 16.3. The van der Waals surface area contributed by atoms with Crippen molar-refractivity contribution < 1.29 is 9.90 Å². The molecule has 3 nitrogen and oxygen atoms in total. The Bertz CT molecular complexity index is 160. The van der Waals surface area contributed by atoms with E-state index in [9.17, 15) is 9.90 Å². The lowest BCUT2D eigenvalue weighted by molar-refractivity contribution is -0.121. The molecule has 1 atom stereocenters. The minimum atomic E-state index is -0.380. The number of carbonyl (C=O) groups excluding carboxylic acids is 1. The average molecular weight is 215 g/mol. The van der Waals surface area contributed by atoms with Gasteiger partial charge in [-0.05, 0) is 12.8 Å². The normalized spacial score (nSPS) is 12.5. The van der Waals surface area contributed by atoms with E-state index < -0.39 is 0 Å². The van der Waals surface area contributed by atoms with E-state index in [4.69, 9.17) is 0 Å². The van der Waals surface area contributed by atoms with Gasteiger partial charge in [0, 0.05) is 13.0 Å². The summed E-state index contributed by atoms with van der Waals surface area (Å²) >= 11 is 0. The van der Waals surface area contributed by atoms with Crippen molar-refractivity contribution >= 4 is 5.91 Å². The van der Waals surface area contributed by atoms with E-state index in [0.29, 0.717) is 13.0 Å². The zero-order valence-corrected chi connectivity index (χ0v) is 10.1. The van der Waals surface area contributed by atoms with E-state index in [0.717, 1.165) is 25.7 Å². The third kappa shape index (κ3) is 9.73. The lowest BCUT2D eigenvalue weighted by Gasteiger charge is -2.10. The molecule has 0 aromatic carbocycles. The Hall–Kier alpha value is -0.570. The summed E-state index contributed by atoms with van der Waals surface area (Å²) < 4.78 is 0. The van der Waals surface area contributed by atoms with Crippen LogP contribution in [0.3, 0.4) is 0 Å². The first-order chi connectivity index (χ1) is 7.20. The highest BCUT2D eigenvalue weighted by Crippen LogP contribution is 2.02. The van der Waals surface area contributed by atoms with Crippen molar-refractivity contribution in [3.63, 3.8) is 0 Å². The number of carbonyl (C=O) groups is 1. The van der Waals surface area contributed by atoms with Gasteiger partial charge < -0.3 is 10.4 Å². The van der Waals surface area contributed by atoms with Crippen LogP contribution in [0.4, 0.5) is 0 Å². The third-order valence-corrected chi connectivity index (χ3v) is 2.41. The van der Waals surface area contributed by atoms with E-state index in [1.54, 1.807) is 0 Å². The number of hydrogen-bond acceptors (Lipinski definition) is 2. The summed E-state index contributed by atoms with van der Waals surface area (Å²) in [7, 11) is 0. The number of hydrogen-bond donors (Lipinski definition) is 2. The van der Waals surface area contributed by atoms with E-state index in [1.165, 1.54) is 12.8 Å². The molecule has 0 bridgehead atoms. The summed E-state index contributed by atoms with van der Waals surface area (Å²) in [5, 5.41) is 12.1. The van der Waals surface area contributed by atoms with E-state index in [2.05, 4.69) is 12.2 Å². The molecule has 0 fully saturated rings. The summed E-state index contributed by atoms with van der Waals surface area (Å²) in [6.07, 6.45) is 6.41. The van der Waals surface area contributed by atoms with Gasteiger partial charge in [-0.15, -0.1) is 0 Å². The number of amides is 1. The fourth-order valence-corrected chi connectivity index (χ4v) is 1.47. The molecular weight excluding hydrogens is 190 g/mol. The molecule has 0 radical (unpaired) electrons. The van der Waals surface area contributed by atoms with Crippen molar-refractivity contribution in [2.75, 3.05) is 6.54 Å². The molecule has 0 aliphatic carbocycles. The van der Waals surface area contributed by atoms with Gasteiger partial charge in [0.05, 0.1) is 6.10 Å². The van der Waals surface area contributed by atoms with E-state index >= 15 is 0 Å². The molecule has 0 saturated heterocycles. The van der Waals surface area contributed by atoms with Crippen LogP contribution in [0.25, 0.3) is 0 Å². The monoisotopic (exact) mass is 215 g/mol. The van der Waals surface area contributed by atoms with Crippen LogP contribution >= 0.6 is 0 Å². The lowest BCUT2D eigenvalue weighted by Crippen LogP contribution is -2.31. The Balaban J connectivity index is 3.32. The molecule has 0 aromatic rings. The zero-order chi connectivity index (χ0) is 11.5. The highest BCUT2D eigenvalue weighted by molar-refractivity contribution is 5.75. The molecule has 0 spiro atoms. The second kappa shape index (κ2) is 9.97. The maximum Gasteiger partial charge on any atom is 0.220 e. The maximum atomic E-state index is 11.3. The number of nitrogens with one attached hydrogen (secondary N) is 1. The van der Waals surface area contributed by atoms with E-state index in [-0.39, 0.29) is 12.0 Å². The first kappa shape index (κ1) is 14.4. The van der Waals surface area contributed by atoms with Gasteiger partial charge in [0.2, 0.25) is 5.91 Å². The molecular formula is C12H25NO2. The van der Waals surface area contributed by atoms with Crippen LogP contribution in [0.5, 0.6) is 0 Å². The fourth-order valence-electron chi connectivity index (χ4n) is 1.47. The molecule has 15 heavy (non-hydrogen) atoms. The quantitative estimate of drug-likeness (QED) is 0.579. The van der Waals surface area contributed by atoms with Gasteiger partial charge in [0.1, 0.15) is 0 Å². The summed E-state index contributed by atoms with van der Waals surface area (Å²) in [5.74, 6) is 0.0706. The molecule has 0 saturated carbocycles. The number of aliphatic hydroxyl groups is 1. The Morgan fingerprint density at radius 2 is 1.93 bits per heavy atom. The van der Waals surface area contributed by atoms with Crippen molar-refractivity contribution in [1.82, 2.24) is 5.32 Å². The van der Waals surface area contributed by atoms with Crippen molar-refractivity contribution in [3.05, 3.63) is 0 Å². The molecule has 1 unspecified atom stereocenters. The topological polar surface area (TPSA) is 49.3 Å². The third-order valence-electron chi connectivity index (χ3n) is 2.41. The highest BCUT2D eigenvalue weighted by Gasteiger charge is 2.05. The van der Waals surface area contributed by atoms with Gasteiger partial charge >= 0.3 is 0 Å². The van der Waals surface area contributed by atoms with Gasteiger partial charge in [-0.2, -0.15) is 0 Å². The summed E-state index contributed by atoms with van der Waals surface area (Å²) in [4.78, 5) is 11.3. The van der Waals surface area contributed by atoms with E-state index in [1.807, 2.05) is 6.92 Å². The van der Waals surface area contributed by atoms with Crippen molar-refractivity contribution in [2.45, 2.75) is 64.9 Å². The van der Waals surface area contributed by atoms with Gasteiger partial charge in [-0.25, -0.2) is 0 Å². The molecule has 0 aromatic heterocycles. The first-order valence-corrected chi connectivity index (χ1v) is 6.15. The SMILES string of the molecule is CCCCCCC(=O)NCC(O)CCC. The number of aliphatic hydroxyl groups excluding tert-OH is 1. The van der Waals surface area contributed by atoms with Crippen LogP contribution in [-0.2, 0) is 4.79 Å². The summed E-state index contributed by atoms with van der Waals surface area (Å²) in [5.41, 5.74) is 0. The van der Waals surface area contributed by atoms with Crippen LogP contribution in [-0.4, -0.2) is 23.7 Å². The van der Waals surface area contributed by atoms with Crippen molar-refractivity contribution in [2.24, 2.45) is 0 Å². The second-order valence-electron chi connectivity index (χ2n) is 4.06. The molecule has 0 rings (SSSR count). The second-order valence-corrected chi connectivity index (χ2v) is 4.06. The largest absolute Gasteiger partial charge is 0.391 e. The van der Waals surface area contributed by atoms with Crippen LogP contribution < -0.4 is 5.32 Å². The van der Waals surface area contributed by atoms with Crippen molar-refractivity contribution in [1.29, 1.82) is 0 Å². The average Bonchev–Trinajstić information content (AvgIpc) is 2.22. The zero-order valence-electron chi connectivity index (χ0n) is 10.1. The van der Waals surface area contributed by atoms with Crippen molar-refractivity contribution in [3.8, 4) is 0 Å². The van der Waals surface area contributed by atoms with Gasteiger partial charge in [-0.1, -0.05) is 39.5 Å². The number of rotatable bonds is 9. The van der Waals surface area contributed by atoms with Crippen LogP contribution in [0.2, 0.25) is 0 Å². The molecule has 0 aliphatic heterocycles. The Morgan fingerprint density at radius 1 is 1.20 bits per heavy atom. The lowest BCUT2D eigenvalue weighted by atomic mass is 10.1. The predicted molar refractivity (Wildman–Crippen MR) is 62.7 cm³/mol. The standard InChI is InChI=1S/C12H25NO2/c1-3-5-6-7-9-12(15)13-10-11(14)8-4-2/h11,14H,3-10H2,1-2H3,(H,13,15). The van der Waals surface area contributed by atoms with Gasteiger partial charge in [-0.3, -0.25) is 4.79 Å². The number of unbranched alkanes of at least 4 members (excludes halogenated alkanes) is 3. The summed E-state index contributed by atoms with van der Waals surface area (Å²) in [6, 6.07) is 0. The molecule has 2 N–H and O–H groups in total. The Morgan fingerprint density at radius 3 is 2.53 bits per heavy atom. The Kier molecular flexibility index (Phi) is 9.59. The van der Waals surface area contributed by atoms with Crippen LogP contribution in [0.1, 0.15) is 58.8 Å². The molecule has 1 amide bonds. The molecule has 0 aliphatic rings. The first-order valence-electron chi connectivity index (χ1n) is 6.15.